The van der Waals surface area contributed by atoms with E-state index in [0.717, 1.165) is 41.8 Å². The first-order valence-electron chi connectivity index (χ1n) is 18.2. The molecule has 0 unspecified atom stereocenters. The van der Waals surface area contributed by atoms with E-state index in [1.54, 1.807) is 48.5 Å². The molecule has 0 aliphatic carbocycles. The molecule has 0 atom stereocenters. The zero-order valence-corrected chi connectivity index (χ0v) is 34.0. The number of benzene rings is 4. The Morgan fingerprint density at radius 1 is 0.582 bits per heavy atom. The molecule has 4 aromatic rings. The van der Waals surface area contributed by atoms with Gasteiger partial charge >= 0.3 is 7.12 Å². The number of hydrogen-bond acceptors (Lipinski definition) is 8. The molecule has 0 saturated carbocycles. The van der Waals surface area contributed by atoms with Crippen molar-refractivity contribution < 1.29 is 18.9 Å². The van der Waals surface area contributed by atoms with Crippen LogP contribution in [0.15, 0.2) is 102 Å². The Bertz CT molecular complexity index is 2000. The van der Waals surface area contributed by atoms with Crippen LogP contribution in [-0.4, -0.2) is 92.3 Å². The van der Waals surface area contributed by atoms with Crippen LogP contribution in [-0.2, 0) is 9.31 Å². The predicted octanol–water partition coefficient (Wildman–Crippen LogP) is 6.52. The molecule has 0 N–H and O–H groups in total. The molecule has 3 saturated heterocycles. The molecule has 7 rings (SSSR count). The quantitative estimate of drug-likeness (QED) is 0.209. The molecule has 3 aliphatic rings. The van der Waals surface area contributed by atoms with Crippen molar-refractivity contribution in [3.05, 3.63) is 124 Å². The summed E-state index contributed by atoms with van der Waals surface area (Å²) in [6.07, 6.45) is 0. The van der Waals surface area contributed by atoms with Crippen molar-refractivity contribution in [3.8, 4) is 12.1 Å². The molecule has 0 aromatic heterocycles. The first kappa shape index (κ1) is 41.3. The van der Waals surface area contributed by atoms with Crippen LogP contribution >= 0.6 is 28.3 Å². The molecule has 13 heteroatoms. The van der Waals surface area contributed by atoms with Crippen molar-refractivity contribution in [1.82, 2.24) is 9.80 Å². The topological polar surface area (TPSA) is 113 Å². The number of nitriles is 2. The molecule has 10 nitrogen and oxygen atoms in total. The van der Waals surface area contributed by atoms with Gasteiger partial charge in [-0.2, -0.15) is 10.5 Å². The molecular formula is C42H45BBrClN6O4. The Hall–Kier alpha value is -4.85. The molecule has 284 valence electrons. The highest BCUT2D eigenvalue weighted by atomic mass is 79.9. The lowest BCUT2D eigenvalue weighted by molar-refractivity contribution is 0.00578. The Morgan fingerprint density at radius 2 is 0.927 bits per heavy atom. The smallest absolute Gasteiger partial charge is 0.399 e. The maximum atomic E-state index is 12.7. The maximum Gasteiger partial charge on any atom is 0.494 e. The number of anilines is 2. The lowest BCUT2D eigenvalue weighted by Gasteiger charge is -2.36. The van der Waals surface area contributed by atoms with Crippen LogP contribution in [0.5, 0.6) is 0 Å². The van der Waals surface area contributed by atoms with E-state index in [0.29, 0.717) is 48.4 Å². The largest absolute Gasteiger partial charge is 0.494 e. The van der Waals surface area contributed by atoms with Gasteiger partial charge in [0.2, 0.25) is 0 Å². The van der Waals surface area contributed by atoms with Crippen LogP contribution in [0.1, 0.15) is 59.5 Å². The molecule has 0 spiro atoms. The highest BCUT2D eigenvalue weighted by Crippen LogP contribution is 2.36. The third kappa shape index (κ3) is 9.70. The van der Waals surface area contributed by atoms with Crippen molar-refractivity contribution in [2.75, 3.05) is 62.2 Å². The van der Waals surface area contributed by atoms with Crippen molar-refractivity contribution in [2.45, 2.75) is 38.9 Å². The molecule has 3 aliphatic heterocycles. The average Bonchev–Trinajstić information content (AvgIpc) is 3.43. The summed E-state index contributed by atoms with van der Waals surface area (Å²) < 4.78 is 13.3. The fraction of sp³-hybridized carbons (Fsp3) is 0.333. The lowest BCUT2D eigenvalue weighted by Crippen LogP contribution is -2.48. The third-order valence-electron chi connectivity index (χ3n) is 10.6. The second-order valence-electron chi connectivity index (χ2n) is 14.6. The standard InChI is InChI=1S/C24H28BN3O3.C18H16BrN3O.ClH/c1-23(2)24(3,4)31-25(30-23)20-9-11-21(12-10-20)27-13-15-28(16-14-27)22(29)19-7-5-18(17-26)6-8-19;19-16-5-7-17(8-6-16)21-9-11-22(12-10-21)18(23)15-3-1-14(13-20)2-4-15;/h5-12H,13-16H2,1-4H3;1-8H,9-12H2;1H. The minimum atomic E-state index is -0.360. The third-order valence-corrected chi connectivity index (χ3v) is 11.2. The van der Waals surface area contributed by atoms with Gasteiger partial charge in [-0.1, -0.05) is 28.1 Å². The molecule has 0 bridgehead atoms. The van der Waals surface area contributed by atoms with Gasteiger partial charge in [-0.25, -0.2) is 0 Å². The number of hydrogen-bond donors (Lipinski definition) is 0. The van der Waals surface area contributed by atoms with E-state index in [1.807, 2.05) is 21.9 Å². The van der Waals surface area contributed by atoms with Gasteiger partial charge in [0.1, 0.15) is 0 Å². The molecule has 0 radical (unpaired) electrons. The van der Waals surface area contributed by atoms with Gasteiger partial charge in [0, 0.05) is 79.3 Å². The predicted molar refractivity (Wildman–Crippen MR) is 222 cm³/mol. The molecule has 2 amide bonds. The number of carbonyl (C=O) groups excluding carboxylic acids is 2. The highest BCUT2D eigenvalue weighted by molar-refractivity contribution is 9.10. The number of carbonyl (C=O) groups is 2. The van der Waals surface area contributed by atoms with Gasteiger partial charge in [-0.05, 0) is 118 Å². The zero-order valence-electron chi connectivity index (χ0n) is 31.6. The highest BCUT2D eigenvalue weighted by Gasteiger charge is 2.51. The van der Waals surface area contributed by atoms with E-state index in [2.05, 4.69) is 102 Å². The Kier molecular flexibility index (Phi) is 13.3. The van der Waals surface area contributed by atoms with Gasteiger partial charge in [-0.3, -0.25) is 9.59 Å². The fourth-order valence-electron chi connectivity index (χ4n) is 6.55. The van der Waals surface area contributed by atoms with Gasteiger partial charge in [0.15, 0.2) is 0 Å². The van der Waals surface area contributed by atoms with Crippen LogP contribution in [0.25, 0.3) is 0 Å². The number of piperazine rings is 2. The van der Waals surface area contributed by atoms with Crippen LogP contribution in [0.3, 0.4) is 0 Å². The van der Waals surface area contributed by atoms with E-state index >= 15 is 0 Å². The Morgan fingerprint density at radius 3 is 1.27 bits per heavy atom. The average molecular weight is 824 g/mol. The summed E-state index contributed by atoms with van der Waals surface area (Å²) in [5.41, 5.74) is 5.01. The number of halogens is 2. The minimum absolute atomic E-state index is 0. The summed E-state index contributed by atoms with van der Waals surface area (Å²) in [5, 5.41) is 17.7. The zero-order chi connectivity index (χ0) is 38.5. The summed E-state index contributed by atoms with van der Waals surface area (Å²) in [5.74, 6) is 0.0465. The van der Waals surface area contributed by atoms with Crippen LogP contribution in [0, 0.1) is 22.7 Å². The molecule has 55 heavy (non-hydrogen) atoms. The van der Waals surface area contributed by atoms with E-state index in [1.165, 1.54) is 5.69 Å². The number of nitrogens with zero attached hydrogens (tertiary/aromatic N) is 6. The van der Waals surface area contributed by atoms with Crippen LogP contribution in [0.4, 0.5) is 11.4 Å². The summed E-state index contributed by atoms with van der Waals surface area (Å²) in [4.78, 5) is 33.6. The normalized spacial score (nSPS) is 17.3. The second-order valence-corrected chi connectivity index (χ2v) is 15.5. The van der Waals surface area contributed by atoms with Gasteiger partial charge in [0.25, 0.3) is 11.8 Å². The fourth-order valence-corrected chi connectivity index (χ4v) is 6.81. The Labute approximate surface area is 338 Å². The molecule has 4 aromatic carbocycles. The monoisotopic (exact) mass is 822 g/mol. The lowest BCUT2D eigenvalue weighted by atomic mass is 9.79. The van der Waals surface area contributed by atoms with Crippen molar-refractivity contribution in [2.24, 2.45) is 0 Å². The second kappa shape index (κ2) is 17.7. The summed E-state index contributed by atoms with van der Waals surface area (Å²) in [6.45, 7) is 14.2. The summed E-state index contributed by atoms with van der Waals surface area (Å²) in [7, 11) is -0.360. The van der Waals surface area contributed by atoms with Gasteiger partial charge in [-0.15, -0.1) is 12.4 Å². The summed E-state index contributed by atoms with van der Waals surface area (Å²) >= 11 is 3.44. The number of rotatable bonds is 5. The van der Waals surface area contributed by atoms with E-state index in [9.17, 15) is 9.59 Å². The molecule has 3 heterocycles. The molecule has 3 fully saturated rings. The van der Waals surface area contributed by atoms with Crippen molar-refractivity contribution in [3.63, 3.8) is 0 Å². The van der Waals surface area contributed by atoms with Crippen LogP contribution in [0.2, 0.25) is 0 Å². The van der Waals surface area contributed by atoms with Gasteiger partial charge in [0.05, 0.1) is 34.5 Å². The number of amides is 2. The first-order valence-corrected chi connectivity index (χ1v) is 19.0. The Balaban J connectivity index is 0.000000216. The van der Waals surface area contributed by atoms with Gasteiger partial charge < -0.3 is 28.9 Å². The van der Waals surface area contributed by atoms with E-state index < -0.39 is 0 Å². The van der Waals surface area contributed by atoms with Crippen LogP contribution < -0.4 is 15.3 Å². The summed E-state index contributed by atoms with van der Waals surface area (Å²) in [6, 6.07) is 34.3. The van der Waals surface area contributed by atoms with E-state index in [4.69, 9.17) is 19.8 Å². The van der Waals surface area contributed by atoms with E-state index in [-0.39, 0.29) is 42.5 Å². The molecular weight excluding hydrogens is 779 g/mol. The van der Waals surface area contributed by atoms with Crippen molar-refractivity contribution in [1.29, 1.82) is 10.5 Å². The maximum absolute atomic E-state index is 12.7. The minimum Gasteiger partial charge on any atom is -0.399 e. The first-order chi connectivity index (χ1) is 25.9. The SMILES string of the molecule is CC1(C)OB(c2ccc(N3CCN(C(=O)c4ccc(C#N)cc4)CC3)cc2)OC1(C)C.Cl.N#Cc1ccc(C(=O)N2CCN(c3ccc(Br)cc3)CC2)cc1. The van der Waals surface area contributed by atoms with Crippen molar-refractivity contribution >= 4 is 64.1 Å².